The Bertz CT molecular complexity index is 765. The third-order valence-corrected chi connectivity index (χ3v) is 4.44. The lowest BCUT2D eigenvalue weighted by molar-refractivity contribution is 0.0950. The van der Waals surface area contributed by atoms with Gasteiger partial charge >= 0.3 is 0 Å². The number of rotatable bonds is 5. The second kappa shape index (κ2) is 6.58. The zero-order chi connectivity index (χ0) is 15.4. The Morgan fingerprint density at radius 3 is 2.73 bits per heavy atom. The van der Waals surface area contributed by atoms with Crippen LogP contribution in [0.1, 0.15) is 21.8 Å². The standard InChI is InChI=1S/C17H16N2O2S/c20-14-8-3-1-6-12(14)17(21)18-11-5-10-16-19-13-7-2-4-9-15(13)22-16/h1-4,6-9,20H,5,10-11H2,(H,18,21). The van der Waals surface area contributed by atoms with Gasteiger partial charge < -0.3 is 10.4 Å². The van der Waals surface area contributed by atoms with Crippen LogP contribution < -0.4 is 5.32 Å². The van der Waals surface area contributed by atoms with E-state index in [9.17, 15) is 9.90 Å². The molecule has 0 saturated carbocycles. The predicted octanol–water partition coefficient (Wildman–Crippen LogP) is 3.36. The fourth-order valence-electron chi connectivity index (χ4n) is 2.23. The Labute approximate surface area is 132 Å². The number of carbonyl (C=O) groups is 1. The summed E-state index contributed by atoms with van der Waals surface area (Å²) in [5.41, 5.74) is 1.34. The number of phenolic OH excluding ortho intramolecular Hbond substituents is 1. The quantitative estimate of drug-likeness (QED) is 0.710. The molecule has 5 heteroatoms. The molecule has 1 aromatic heterocycles. The van der Waals surface area contributed by atoms with E-state index in [1.165, 1.54) is 10.8 Å². The maximum atomic E-state index is 11.9. The Morgan fingerprint density at radius 1 is 1.14 bits per heavy atom. The minimum Gasteiger partial charge on any atom is -0.507 e. The van der Waals surface area contributed by atoms with Crippen molar-refractivity contribution in [2.24, 2.45) is 0 Å². The summed E-state index contributed by atoms with van der Waals surface area (Å²) in [7, 11) is 0. The molecule has 0 saturated heterocycles. The lowest BCUT2D eigenvalue weighted by Crippen LogP contribution is -2.24. The van der Waals surface area contributed by atoms with Crippen LogP contribution in [0.25, 0.3) is 10.2 Å². The molecule has 112 valence electrons. The van der Waals surface area contributed by atoms with Crippen LogP contribution in [0.15, 0.2) is 48.5 Å². The van der Waals surface area contributed by atoms with Gasteiger partial charge in [-0.3, -0.25) is 4.79 Å². The lowest BCUT2D eigenvalue weighted by atomic mass is 10.2. The van der Waals surface area contributed by atoms with E-state index in [-0.39, 0.29) is 11.7 Å². The maximum Gasteiger partial charge on any atom is 0.255 e. The number of aryl methyl sites for hydroxylation is 1. The molecule has 0 spiro atoms. The number of aromatic nitrogens is 1. The van der Waals surface area contributed by atoms with Crippen LogP contribution in [-0.4, -0.2) is 22.5 Å². The highest BCUT2D eigenvalue weighted by Gasteiger charge is 2.09. The van der Waals surface area contributed by atoms with E-state index in [0.717, 1.165) is 23.4 Å². The fourth-order valence-corrected chi connectivity index (χ4v) is 3.24. The number of fused-ring (bicyclic) bond motifs is 1. The highest BCUT2D eigenvalue weighted by molar-refractivity contribution is 7.18. The van der Waals surface area contributed by atoms with Gasteiger partial charge in [0.2, 0.25) is 0 Å². The molecule has 2 N–H and O–H groups in total. The molecule has 0 bridgehead atoms. The number of para-hydroxylation sites is 2. The number of amides is 1. The summed E-state index contributed by atoms with van der Waals surface area (Å²) in [4.78, 5) is 16.5. The van der Waals surface area contributed by atoms with Crippen LogP contribution in [0, 0.1) is 0 Å². The van der Waals surface area contributed by atoms with Crippen LogP contribution in [0.3, 0.4) is 0 Å². The molecule has 0 aliphatic carbocycles. The molecule has 1 heterocycles. The zero-order valence-corrected chi connectivity index (χ0v) is 12.8. The monoisotopic (exact) mass is 312 g/mol. The number of hydrogen-bond acceptors (Lipinski definition) is 4. The van der Waals surface area contributed by atoms with Crippen molar-refractivity contribution in [3.63, 3.8) is 0 Å². The van der Waals surface area contributed by atoms with Gasteiger partial charge in [0, 0.05) is 13.0 Å². The Hall–Kier alpha value is -2.40. The predicted molar refractivity (Wildman–Crippen MR) is 88.4 cm³/mol. The summed E-state index contributed by atoms with van der Waals surface area (Å²) < 4.78 is 1.19. The Balaban J connectivity index is 1.51. The second-order valence-corrected chi connectivity index (χ2v) is 6.07. The number of benzene rings is 2. The van der Waals surface area contributed by atoms with Crippen molar-refractivity contribution in [1.29, 1.82) is 0 Å². The molecule has 4 nitrogen and oxygen atoms in total. The van der Waals surface area contributed by atoms with E-state index in [1.807, 2.05) is 18.2 Å². The number of thiazole rings is 1. The summed E-state index contributed by atoms with van der Waals surface area (Å²) in [6, 6.07) is 14.6. The van der Waals surface area contributed by atoms with Crippen LogP contribution in [0.2, 0.25) is 0 Å². The highest BCUT2D eigenvalue weighted by Crippen LogP contribution is 2.22. The van der Waals surface area contributed by atoms with Crippen LogP contribution in [0.4, 0.5) is 0 Å². The van der Waals surface area contributed by atoms with E-state index >= 15 is 0 Å². The molecule has 3 aromatic rings. The molecule has 0 radical (unpaired) electrons. The SMILES string of the molecule is O=C(NCCCc1nc2ccccc2s1)c1ccccc1O. The molecule has 2 aromatic carbocycles. The van der Waals surface area contributed by atoms with Gasteiger partial charge in [-0.2, -0.15) is 0 Å². The molecule has 0 fully saturated rings. The van der Waals surface area contributed by atoms with Gasteiger partial charge in [-0.05, 0) is 30.7 Å². The van der Waals surface area contributed by atoms with Gasteiger partial charge in [0.15, 0.2) is 0 Å². The van der Waals surface area contributed by atoms with Crippen LogP contribution in [-0.2, 0) is 6.42 Å². The van der Waals surface area contributed by atoms with Gasteiger partial charge in [0.25, 0.3) is 5.91 Å². The zero-order valence-electron chi connectivity index (χ0n) is 12.0. The third kappa shape index (κ3) is 3.26. The molecule has 0 aliphatic rings. The van der Waals surface area contributed by atoms with Gasteiger partial charge in [-0.15, -0.1) is 11.3 Å². The van der Waals surface area contributed by atoms with Crippen molar-refractivity contribution < 1.29 is 9.90 Å². The Morgan fingerprint density at radius 2 is 1.91 bits per heavy atom. The number of phenols is 1. The summed E-state index contributed by atoms with van der Waals surface area (Å²) in [6.07, 6.45) is 1.65. The molecular formula is C17H16N2O2S. The van der Waals surface area contributed by atoms with E-state index in [2.05, 4.69) is 16.4 Å². The number of hydrogen-bond donors (Lipinski definition) is 2. The molecule has 0 aliphatic heterocycles. The largest absolute Gasteiger partial charge is 0.507 e. The minimum atomic E-state index is -0.248. The average Bonchev–Trinajstić information content (AvgIpc) is 2.94. The first kappa shape index (κ1) is 14.5. The summed E-state index contributed by atoms with van der Waals surface area (Å²) >= 11 is 1.69. The van der Waals surface area contributed by atoms with Crippen LogP contribution >= 0.6 is 11.3 Å². The van der Waals surface area contributed by atoms with E-state index in [0.29, 0.717) is 12.1 Å². The third-order valence-electron chi connectivity index (χ3n) is 3.34. The van der Waals surface area contributed by atoms with Crippen LogP contribution in [0.5, 0.6) is 5.75 Å². The molecular weight excluding hydrogens is 296 g/mol. The summed E-state index contributed by atoms with van der Waals surface area (Å²) in [5.74, 6) is -0.242. The fraction of sp³-hybridized carbons (Fsp3) is 0.176. The molecule has 1 amide bonds. The normalized spacial score (nSPS) is 10.7. The topological polar surface area (TPSA) is 62.2 Å². The lowest BCUT2D eigenvalue weighted by Gasteiger charge is -2.05. The molecule has 0 unspecified atom stereocenters. The molecule has 0 atom stereocenters. The number of carbonyl (C=O) groups excluding carboxylic acids is 1. The maximum absolute atomic E-state index is 11.9. The average molecular weight is 312 g/mol. The van der Waals surface area contributed by atoms with Crippen molar-refractivity contribution in [2.45, 2.75) is 12.8 Å². The number of aromatic hydroxyl groups is 1. The Kier molecular flexibility index (Phi) is 4.34. The van der Waals surface area contributed by atoms with E-state index < -0.39 is 0 Å². The molecule has 22 heavy (non-hydrogen) atoms. The summed E-state index contributed by atoms with van der Waals surface area (Å²) in [5, 5.41) is 13.5. The van der Waals surface area contributed by atoms with Gasteiger partial charge in [0.1, 0.15) is 5.75 Å². The summed E-state index contributed by atoms with van der Waals surface area (Å²) in [6.45, 7) is 0.559. The molecule has 3 rings (SSSR count). The highest BCUT2D eigenvalue weighted by atomic mass is 32.1. The van der Waals surface area contributed by atoms with Gasteiger partial charge in [-0.25, -0.2) is 4.98 Å². The van der Waals surface area contributed by atoms with Crippen molar-refractivity contribution in [2.75, 3.05) is 6.54 Å². The van der Waals surface area contributed by atoms with Crippen molar-refractivity contribution in [3.8, 4) is 5.75 Å². The number of nitrogens with zero attached hydrogens (tertiary/aromatic N) is 1. The first-order valence-electron chi connectivity index (χ1n) is 7.15. The first-order valence-corrected chi connectivity index (χ1v) is 7.96. The van der Waals surface area contributed by atoms with Gasteiger partial charge in [0.05, 0.1) is 20.8 Å². The van der Waals surface area contributed by atoms with E-state index in [4.69, 9.17) is 0 Å². The minimum absolute atomic E-state index is 0.00572. The second-order valence-electron chi connectivity index (χ2n) is 4.95. The van der Waals surface area contributed by atoms with Gasteiger partial charge in [-0.1, -0.05) is 24.3 Å². The van der Waals surface area contributed by atoms with Crippen molar-refractivity contribution >= 4 is 27.5 Å². The smallest absolute Gasteiger partial charge is 0.255 e. The first-order chi connectivity index (χ1) is 10.7. The van der Waals surface area contributed by atoms with Crippen molar-refractivity contribution in [3.05, 3.63) is 59.1 Å². The number of nitrogens with one attached hydrogen (secondary N) is 1. The van der Waals surface area contributed by atoms with Crippen molar-refractivity contribution in [1.82, 2.24) is 10.3 Å². The van der Waals surface area contributed by atoms with E-state index in [1.54, 1.807) is 29.5 Å².